The summed E-state index contributed by atoms with van der Waals surface area (Å²) in [4.78, 5) is 14.4. The summed E-state index contributed by atoms with van der Waals surface area (Å²) in [5, 5.41) is 8.81. The Kier molecular flexibility index (Phi) is 3.70. The zero-order valence-electron chi connectivity index (χ0n) is 7.38. The van der Waals surface area contributed by atoms with E-state index < -0.39 is 18.0 Å². The molecule has 1 rings (SSSR count). The number of nitrogens with two attached hydrogens (primary N) is 1. The van der Waals surface area contributed by atoms with Crippen LogP contribution in [-0.2, 0) is 6.54 Å². The second-order valence-corrected chi connectivity index (χ2v) is 3.45. The molecule has 1 aromatic heterocycles. The van der Waals surface area contributed by atoms with Crippen LogP contribution < -0.4 is 5.73 Å². The minimum Gasteiger partial charge on any atom is -0.478 e. The molecule has 1 aromatic rings. The van der Waals surface area contributed by atoms with Crippen LogP contribution in [0, 0.1) is 0 Å². The Morgan fingerprint density at radius 1 is 1.67 bits per heavy atom. The predicted octanol–water partition coefficient (Wildman–Crippen LogP) is 1.94. The van der Waals surface area contributed by atoms with Crippen molar-refractivity contribution in [1.29, 1.82) is 0 Å². The average molecular weight is 281 g/mol. The summed E-state index contributed by atoms with van der Waals surface area (Å²) >= 11 is 2.82. The van der Waals surface area contributed by atoms with Gasteiger partial charge >= 0.3 is 5.97 Å². The molecular formula is C8H7BrF2N2O2. The summed E-state index contributed by atoms with van der Waals surface area (Å²) in [6, 6.07) is 0. The molecule has 0 aliphatic carbocycles. The van der Waals surface area contributed by atoms with Crippen molar-refractivity contribution in [2.24, 2.45) is 5.73 Å². The summed E-state index contributed by atoms with van der Waals surface area (Å²) in [6.07, 6.45) is -1.86. The predicted molar refractivity (Wildman–Crippen MR) is 51.7 cm³/mol. The SMILES string of the molecule is NCc1ncc(C(F)F)c(Br)c1C(=O)O. The summed E-state index contributed by atoms with van der Waals surface area (Å²) in [7, 11) is 0. The number of aromatic carboxylic acids is 1. The highest BCUT2D eigenvalue weighted by atomic mass is 79.9. The third-order valence-electron chi connectivity index (χ3n) is 1.76. The number of pyridine rings is 1. The maximum atomic E-state index is 12.4. The summed E-state index contributed by atoms with van der Waals surface area (Å²) in [6.45, 7) is -0.121. The minimum atomic E-state index is -2.78. The molecule has 15 heavy (non-hydrogen) atoms. The van der Waals surface area contributed by atoms with Crippen LogP contribution in [0.1, 0.15) is 28.0 Å². The van der Waals surface area contributed by atoms with Gasteiger partial charge in [0.25, 0.3) is 6.43 Å². The smallest absolute Gasteiger partial charge is 0.338 e. The maximum Gasteiger partial charge on any atom is 0.338 e. The van der Waals surface area contributed by atoms with Crippen LogP contribution in [0.5, 0.6) is 0 Å². The molecule has 0 aliphatic rings. The summed E-state index contributed by atoms with van der Waals surface area (Å²) < 4.78 is 24.7. The van der Waals surface area contributed by atoms with Crippen LogP contribution in [0.4, 0.5) is 8.78 Å². The Morgan fingerprint density at radius 3 is 2.67 bits per heavy atom. The van der Waals surface area contributed by atoms with E-state index in [9.17, 15) is 13.6 Å². The van der Waals surface area contributed by atoms with Gasteiger partial charge in [0.05, 0.1) is 16.8 Å². The van der Waals surface area contributed by atoms with Gasteiger partial charge in [0, 0.05) is 17.2 Å². The molecule has 3 N–H and O–H groups in total. The van der Waals surface area contributed by atoms with Gasteiger partial charge in [0.1, 0.15) is 0 Å². The zero-order chi connectivity index (χ0) is 11.6. The molecule has 1 heterocycles. The molecule has 0 spiro atoms. The van der Waals surface area contributed by atoms with Crippen molar-refractivity contribution in [2.75, 3.05) is 0 Å². The molecule has 0 saturated carbocycles. The zero-order valence-corrected chi connectivity index (χ0v) is 8.96. The Morgan fingerprint density at radius 2 is 2.27 bits per heavy atom. The van der Waals surface area contributed by atoms with Crippen molar-refractivity contribution in [2.45, 2.75) is 13.0 Å². The highest BCUT2D eigenvalue weighted by Crippen LogP contribution is 2.30. The summed E-state index contributed by atoms with van der Waals surface area (Å²) in [5.41, 5.74) is 4.55. The van der Waals surface area contributed by atoms with Crippen LogP contribution >= 0.6 is 15.9 Å². The fourth-order valence-corrected chi connectivity index (χ4v) is 1.74. The minimum absolute atomic E-state index is 0.0683. The van der Waals surface area contributed by atoms with Gasteiger partial charge in [-0.2, -0.15) is 0 Å². The third-order valence-corrected chi connectivity index (χ3v) is 2.62. The lowest BCUT2D eigenvalue weighted by molar-refractivity contribution is 0.0693. The molecule has 0 amide bonds. The normalized spacial score (nSPS) is 10.7. The van der Waals surface area contributed by atoms with E-state index >= 15 is 0 Å². The second-order valence-electron chi connectivity index (χ2n) is 2.66. The molecule has 4 nitrogen and oxygen atoms in total. The van der Waals surface area contributed by atoms with Crippen molar-refractivity contribution in [3.05, 3.63) is 27.5 Å². The van der Waals surface area contributed by atoms with Gasteiger partial charge in [-0.3, -0.25) is 4.98 Å². The van der Waals surface area contributed by atoms with Crippen molar-refractivity contribution in [3.8, 4) is 0 Å². The fraction of sp³-hybridized carbons (Fsp3) is 0.250. The van der Waals surface area contributed by atoms with E-state index in [1.54, 1.807) is 0 Å². The topological polar surface area (TPSA) is 76.2 Å². The lowest BCUT2D eigenvalue weighted by Gasteiger charge is -2.09. The third kappa shape index (κ3) is 2.29. The van der Waals surface area contributed by atoms with E-state index in [-0.39, 0.29) is 22.3 Å². The first-order valence-electron chi connectivity index (χ1n) is 3.87. The van der Waals surface area contributed by atoms with E-state index in [0.29, 0.717) is 0 Å². The van der Waals surface area contributed by atoms with Gasteiger partial charge in [0.2, 0.25) is 0 Å². The lowest BCUT2D eigenvalue weighted by Crippen LogP contribution is -2.11. The number of carboxylic acids is 1. The van der Waals surface area contributed by atoms with E-state index in [1.807, 2.05) is 0 Å². The molecule has 0 aliphatic heterocycles. The second kappa shape index (κ2) is 4.63. The van der Waals surface area contributed by atoms with Gasteiger partial charge in [0.15, 0.2) is 0 Å². The molecule has 82 valence electrons. The molecule has 0 bridgehead atoms. The standard InChI is InChI=1S/C8H7BrF2N2O2/c9-6-3(7(10)11)2-13-4(1-12)5(6)8(14)15/h2,7H,1,12H2,(H,14,15). The first-order chi connectivity index (χ1) is 6.99. The number of alkyl halides is 2. The lowest BCUT2D eigenvalue weighted by atomic mass is 10.1. The molecule has 7 heteroatoms. The van der Waals surface area contributed by atoms with Gasteiger partial charge in [-0.1, -0.05) is 0 Å². The van der Waals surface area contributed by atoms with Crippen molar-refractivity contribution >= 4 is 21.9 Å². The highest BCUT2D eigenvalue weighted by molar-refractivity contribution is 9.10. The van der Waals surface area contributed by atoms with E-state index in [0.717, 1.165) is 6.20 Å². The number of carbonyl (C=O) groups is 1. The van der Waals surface area contributed by atoms with Gasteiger partial charge in [-0.15, -0.1) is 0 Å². The first kappa shape index (κ1) is 12.0. The molecule has 0 unspecified atom stereocenters. The Bertz CT molecular complexity index is 398. The number of carboxylic acid groups (broad SMARTS) is 1. The highest BCUT2D eigenvalue weighted by Gasteiger charge is 2.22. The number of hydrogen-bond donors (Lipinski definition) is 2. The monoisotopic (exact) mass is 280 g/mol. The molecule has 0 atom stereocenters. The molecule has 0 aromatic carbocycles. The van der Waals surface area contributed by atoms with Crippen molar-refractivity contribution < 1.29 is 18.7 Å². The van der Waals surface area contributed by atoms with Crippen LogP contribution in [0.2, 0.25) is 0 Å². The number of aromatic nitrogens is 1. The first-order valence-corrected chi connectivity index (χ1v) is 4.67. The van der Waals surface area contributed by atoms with Gasteiger partial charge in [-0.25, -0.2) is 13.6 Å². The van der Waals surface area contributed by atoms with E-state index in [1.165, 1.54) is 0 Å². The van der Waals surface area contributed by atoms with Crippen LogP contribution in [-0.4, -0.2) is 16.1 Å². The van der Waals surface area contributed by atoms with Crippen LogP contribution in [0.3, 0.4) is 0 Å². The largest absolute Gasteiger partial charge is 0.478 e. The van der Waals surface area contributed by atoms with Crippen LogP contribution in [0.25, 0.3) is 0 Å². The molecule has 0 radical (unpaired) electrons. The number of hydrogen-bond acceptors (Lipinski definition) is 3. The van der Waals surface area contributed by atoms with Crippen molar-refractivity contribution in [3.63, 3.8) is 0 Å². The molecular weight excluding hydrogens is 274 g/mol. The maximum absolute atomic E-state index is 12.4. The van der Waals surface area contributed by atoms with Crippen LogP contribution in [0.15, 0.2) is 10.7 Å². The van der Waals surface area contributed by atoms with Gasteiger partial charge in [-0.05, 0) is 15.9 Å². The Hall–Kier alpha value is -1.08. The average Bonchev–Trinajstić information content (AvgIpc) is 2.15. The van der Waals surface area contributed by atoms with Gasteiger partial charge < -0.3 is 10.8 Å². The fourth-order valence-electron chi connectivity index (χ4n) is 1.06. The number of rotatable bonds is 3. The number of nitrogens with zero attached hydrogens (tertiary/aromatic N) is 1. The van der Waals surface area contributed by atoms with E-state index in [4.69, 9.17) is 10.8 Å². The Balaban J connectivity index is 3.42. The molecule has 0 saturated heterocycles. The quantitative estimate of drug-likeness (QED) is 0.887. The van der Waals surface area contributed by atoms with E-state index in [2.05, 4.69) is 20.9 Å². The summed E-state index contributed by atoms with van der Waals surface area (Å²) in [5.74, 6) is -1.34. The Labute approximate surface area is 92.2 Å². The number of halogens is 3. The van der Waals surface area contributed by atoms with Crippen molar-refractivity contribution in [1.82, 2.24) is 4.98 Å². The molecule has 0 fully saturated rings.